The number of ether oxygens (including phenoxy) is 3. The molecule has 0 unspecified atom stereocenters. The van der Waals surface area contributed by atoms with E-state index in [4.69, 9.17) is 14.2 Å². The summed E-state index contributed by atoms with van der Waals surface area (Å²) in [5.41, 5.74) is 1.03. The molecule has 168 valence electrons. The van der Waals surface area contributed by atoms with Gasteiger partial charge in [-0.3, -0.25) is 4.79 Å². The number of rotatable bonds is 8. The maximum absolute atomic E-state index is 12.9. The van der Waals surface area contributed by atoms with Gasteiger partial charge in [0.2, 0.25) is 15.8 Å². The molecule has 0 atom stereocenters. The van der Waals surface area contributed by atoms with Crippen molar-refractivity contribution in [2.24, 2.45) is 0 Å². The average Bonchev–Trinajstić information content (AvgIpc) is 2.82. The number of hydrogen-bond acceptors (Lipinski definition) is 6. The van der Waals surface area contributed by atoms with E-state index in [-0.39, 0.29) is 17.3 Å². The average molecular weight is 449 g/mol. The van der Waals surface area contributed by atoms with E-state index < -0.39 is 10.0 Å². The molecule has 8 nitrogen and oxygen atoms in total. The summed E-state index contributed by atoms with van der Waals surface area (Å²) in [4.78, 5) is 12.9. The van der Waals surface area contributed by atoms with Gasteiger partial charge in [0.25, 0.3) is 5.91 Å². The molecule has 9 heteroatoms. The van der Waals surface area contributed by atoms with Crippen molar-refractivity contribution in [1.29, 1.82) is 0 Å². The Bertz CT molecular complexity index is 1010. The van der Waals surface area contributed by atoms with E-state index >= 15 is 0 Å². The van der Waals surface area contributed by atoms with Crippen molar-refractivity contribution in [3.63, 3.8) is 0 Å². The van der Waals surface area contributed by atoms with Crippen LogP contribution < -0.4 is 19.5 Å². The van der Waals surface area contributed by atoms with Gasteiger partial charge in [0.15, 0.2) is 11.5 Å². The van der Waals surface area contributed by atoms with Gasteiger partial charge >= 0.3 is 0 Å². The van der Waals surface area contributed by atoms with Crippen molar-refractivity contribution < 1.29 is 27.4 Å². The first kappa shape index (κ1) is 22.9. The largest absolute Gasteiger partial charge is 0.493 e. The van der Waals surface area contributed by atoms with Crippen LogP contribution in [0.1, 0.15) is 35.2 Å². The third kappa shape index (κ3) is 5.11. The van der Waals surface area contributed by atoms with Crippen LogP contribution in [0.5, 0.6) is 17.2 Å². The predicted octanol–water partition coefficient (Wildman–Crippen LogP) is 2.82. The van der Waals surface area contributed by atoms with Crippen LogP contribution in [0.3, 0.4) is 0 Å². The molecule has 1 aliphatic heterocycles. The van der Waals surface area contributed by atoms with E-state index in [1.807, 2.05) is 0 Å². The number of piperidine rings is 1. The Kier molecular flexibility index (Phi) is 7.40. The van der Waals surface area contributed by atoms with Crippen molar-refractivity contribution in [3.05, 3.63) is 47.5 Å². The second-order valence-corrected chi connectivity index (χ2v) is 9.15. The van der Waals surface area contributed by atoms with E-state index in [9.17, 15) is 13.2 Å². The number of sulfonamides is 1. The van der Waals surface area contributed by atoms with Gasteiger partial charge < -0.3 is 19.5 Å². The molecule has 31 heavy (non-hydrogen) atoms. The predicted molar refractivity (Wildman–Crippen MR) is 116 cm³/mol. The number of nitrogens with one attached hydrogen (secondary N) is 1. The molecular formula is C22H28N2O6S. The van der Waals surface area contributed by atoms with E-state index in [2.05, 4.69) is 5.32 Å². The monoisotopic (exact) mass is 448 g/mol. The van der Waals surface area contributed by atoms with Gasteiger partial charge in [-0.05, 0) is 42.7 Å². The van der Waals surface area contributed by atoms with E-state index in [0.29, 0.717) is 41.5 Å². The summed E-state index contributed by atoms with van der Waals surface area (Å²) < 4.78 is 43.2. The van der Waals surface area contributed by atoms with Gasteiger partial charge in [0.1, 0.15) is 0 Å². The molecule has 0 spiro atoms. The normalized spacial score (nSPS) is 14.7. The first-order valence-corrected chi connectivity index (χ1v) is 11.5. The number of benzene rings is 2. The van der Waals surface area contributed by atoms with Gasteiger partial charge in [-0.15, -0.1) is 0 Å². The first-order valence-electron chi connectivity index (χ1n) is 10.1. The molecule has 3 rings (SSSR count). The van der Waals surface area contributed by atoms with Crippen LogP contribution >= 0.6 is 0 Å². The lowest BCUT2D eigenvalue weighted by atomic mass is 10.1. The number of carbonyl (C=O) groups is 1. The lowest BCUT2D eigenvalue weighted by Gasteiger charge is -2.26. The zero-order valence-electron chi connectivity index (χ0n) is 18.0. The molecule has 1 N–H and O–H groups in total. The fourth-order valence-electron chi connectivity index (χ4n) is 3.57. The van der Waals surface area contributed by atoms with Gasteiger partial charge in [0.05, 0.1) is 26.2 Å². The van der Waals surface area contributed by atoms with Crippen LogP contribution in [-0.2, 0) is 16.6 Å². The molecule has 1 saturated heterocycles. The van der Waals surface area contributed by atoms with Crippen molar-refractivity contribution in [2.45, 2.75) is 30.7 Å². The molecule has 0 radical (unpaired) electrons. The fourth-order valence-corrected chi connectivity index (χ4v) is 5.15. The van der Waals surface area contributed by atoms with Crippen molar-refractivity contribution in [3.8, 4) is 17.2 Å². The zero-order valence-corrected chi connectivity index (χ0v) is 18.8. The van der Waals surface area contributed by atoms with Gasteiger partial charge in [-0.25, -0.2) is 8.42 Å². The molecule has 2 aromatic rings. The van der Waals surface area contributed by atoms with Gasteiger partial charge in [0, 0.05) is 25.2 Å². The molecule has 0 saturated carbocycles. The Hall–Kier alpha value is -2.78. The summed E-state index contributed by atoms with van der Waals surface area (Å²) in [6, 6.07) is 9.80. The molecule has 1 fully saturated rings. The topological polar surface area (TPSA) is 94.2 Å². The molecular weight excluding hydrogens is 420 g/mol. The van der Waals surface area contributed by atoms with Gasteiger partial charge in [-0.2, -0.15) is 4.31 Å². The highest BCUT2D eigenvalue weighted by molar-refractivity contribution is 7.89. The second kappa shape index (κ2) is 10.0. The number of carbonyl (C=O) groups excluding carboxylic acids is 1. The summed E-state index contributed by atoms with van der Waals surface area (Å²) in [5, 5.41) is 2.81. The minimum Gasteiger partial charge on any atom is -0.493 e. The number of amides is 1. The quantitative estimate of drug-likeness (QED) is 0.667. The van der Waals surface area contributed by atoms with Crippen LogP contribution in [0.15, 0.2) is 41.3 Å². The highest BCUT2D eigenvalue weighted by Gasteiger charge is 2.26. The maximum atomic E-state index is 12.9. The van der Waals surface area contributed by atoms with Crippen LogP contribution in [0.4, 0.5) is 0 Å². The smallest absolute Gasteiger partial charge is 0.251 e. The van der Waals surface area contributed by atoms with E-state index in [1.165, 1.54) is 25.6 Å². The van der Waals surface area contributed by atoms with Crippen LogP contribution in [0, 0.1) is 0 Å². The number of nitrogens with zero attached hydrogens (tertiary/aromatic N) is 1. The summed E-state index contributed by atoms with van der Waals surface area (Å²) in [6.07, 6.45) is 2.81. The highest BCUT2D eigenvalue weighted by atomic mass is 32.2. The molecule has 1 amide bonds. The Morgan fingerprint density at radius 3 is 2.19 bits per heavy atom. The molecule has 2 aromatic carbocycles. The van der Waals surface area contributed by atoms with Crippen molar-refractivity contribution >= 4 is 15.9 Å². The van der Waals surface area contributed by atoms with Crippen molar-refractivity contribution in [1.82, 2.24) is 9.62 Å². The zero-order chi connectivity index (χ0) is 22.4. The lowest BCUT2D eigenvalue weighted by molar-refractivity contribution is 0.0950. The summed E-state index contributed by atoms with van der Waals surface area (Å²) in [6.45, 7) is 1.27. The van der Waals surface area contributed by atoms with Crippen molar-refractivity contribution in [2.75, 3.05) is 34.4 Å². The summed E-state index contributed by atoms with van der Waals surface area (Å²) in [7, 11) is 0.923. The second-order valence-electron chi connectivity index (χ2n) is 7.21. The minimum absolute atomic E-state index is 0.179. The number of hydrogen-bond donors (Lipinski definition) is 1. The Balaban J connectivity index is 1.75. The highest BCUT2D eigenvalue weighted by Crippen LogP contribution is 2.38. The molecule has 0 aliphatic carbocycles. The van der Waals surface area contributed by atoms with Gasteiger partial charge in [-0.1, -0.05) is 18.6 Å². The molecule has 1 aliphatic rings. The summed E-state index contributed by atoms with van der Waals surface area (Å²) in [5.74, 6) is 0.809. The van der Waals surface area contributed by atoms with Crippen LogP contribution in [0.2, 0.25) is 0 Å². The first-order chi connectivity index (χ1) is 14.9. The Labute approximate surface area is 183 Å². The molecule has 0 bridgehead atoms. The summed E-state index contributed by atoms with van der Waals surface area (Å²) >= 11 is 0. The van der Waals surface area contributed by atoms with E-state index in [1.54, 1.807) is 36.4 Å². The van der Waals surface area contributed by atoms with E-state index in [0.717, 1.165) is 19.3 Å². The maximum Gasteiger partial charge on any atom is 0.251 e. The standard InChI is InChI=1S/C22H28N2O6S/c1-28-19-13-17(14-20(29-2)21(19)30-3)22(25)23-15-16-8-7-9-18(12-16)31(26,27)24-10-5-4-6-11-24/h7-9,12-14H,4-6,10-11,15H2,1-3H3,(H,23,25). The Morgan fingerprint density at radius 2 is 1.61 bits per heavy atom. The molecule has 0 aromatic heterocycles. The molecule has 1 heterocycles. The van der Waals surface area contributed by atoms with Crippen LogP contribution in [-0.4, -0.2) is 53.0 Å². The third-order valence-electron chi connectivity index (χ3n) is 5.23. The number of methoxy groups -OCH3 is 3. The fraction of sp³-hybridized carbons (Fsp3) is 0.409. The minimum atomic E-state index is -3.53. The van der Waals surface area contributed by atoms with Crippen LogP contribution in [0.25, 0.3) is 0 Å². The lowest BCUT2D eigenvalue weighted by Crippen LogP contribution is -2.35. The Morgan fingerprint density at radius 1 is 0.968 bits per heavy atom. The SMILES string of the molecule is COc1cc(C(=O)NCc2cccc(S(=O)(=O)N3CCCCC3)c2)cc(OC)c1OC. The third-order valence-corrected chi connectivity index (χ3v) is 7.13.